The number of nitrogens with one attached hydrogen (secondary N) is 1. The molecule has 1 aromatic carbocycles. The Bertz CT molecular complexity index is 446. The number of H-pyrrole nitrogens is 1. The summed E-state index contributed by atoms with van der Waals surface area (Å²) in [5.41, 5.74) is 10.0. The third-order valence-electron chi connectivity index (χ3n) is 2.38. The largest absolute Gasteiger partial charge is 0.399 e. The van der Waals surface area contributed by atoms with Crippen molar-refractivity contribution in [2.75, 3.05) is 5.73 Å². The van der Waals surface area contributed by atoms with E-state index in [9.17, 15) is 0 Å². The Morgan fingerprint density at radius 1 is 1.27 bits per heavy atom. The van der Waals surface area contributed by atoms with Gasteiger partial charge in [-0.1, -0.05) is 12.1 Å². The molecule has 3 nitrogen and oxygen atoms in total. The second kappa shape index (κ2) is 4.17. The van der Waals surface area contributed by atoms with Crippen molar-refractivity contribution >= 4 is 5.69 Å². The molecular formula is C12H15N3. The number of nitrogens with two attached hydrogens (primary N) is 1. The molecule has 2 rings (SSSR count). The summed E-state index contributed by atoms with van der Waals surface area (Å²) >= 11 is 0. The molecule has 0 bridgehead atoms. The quantitative estimate of drug-likeness (QED) is 0.747. The Hall–Kier alpha value is -1.77. The molecule has 0 aliphatic carbocycles. The van der Waals surface area contributed by atoms with Crippen LogP contribution in [0.5, 0.6) is 0 Å². The highest BCUT2D eigenvalue weighted by Gasteiger charge is 1.99. The van der Waals surface area contributed by atoms with Crippen molar-refractivity contribution in [3.63, 3.8) is 0 Å². The highest BCUT2D eigenvalue weighted by atomic mass is 15.1. The predicted octanol–water partition coefficient (Wildman–Crippen LogP) is 2.09. The standard InChI is InChI=1S/C12H15N3/c1-9-7-12(15-14-9)6-5-10-3-2-4-11(13)8-10/h2-4,7-8H,5-6,13H2,1H3,(H,14,15). The highest BCUT2D eigenvalue weighted by molar-refractivity contribution is 5.40. The first-order valence-corrected chi connectivity index (χ1v) is 5.09. The number of aromatic nitrogens is 2. The van der Waals surface area contributed by atoms with E-state index in [0.29, 0.717) is 0 Å². The van der Waals surface area contributed by atoms with Crippen molar-refractivity contribution in [1.29, 1.82) is 0 Å². The molecule has 0 unspecified atom stereocenters. The third-order valence-corrected chi connectivity index (χ3v) is 2.38. The van der Waals surface area contributed by atoms with Crippen LogP contribution < -0.4 is 5.73 Å². The van der Waals surface area contributed by atoms with Gasteiger partial charge < -0.3 is 5.73 Å². The summed E-state index contributed by atoms with van der Waals surface area (Å²) in [6, 6.07) is 10.1. The number of aromatic amines is 1. The first-order valence-electron chi connectivity index (χ1n) is 5.09. The molecule has 3 N–H and O–H groups in total. The monoisotopic (exact) mass is 201 g/mol. The number of anilines is 1. The van der Waals surface area contributed by atoms with Crippen LogP contribution >= 0.6 is 0 Å². The molecule has 1 heterocycles. The van der Waals surface area contributed by atoms with Gasteiger partial charge in [0.25, 0.3) is 0 Å². The van der Waals surface area contributed by atoms with Crippen LogP contribution in [0.25, 0.3) is 0 Å². The van der Waals surface area contributed by atoms with E-state index >= 15 is 0 Å². The van der Waals surface area contributed by atoms with Gasteiger partial charge in [-0.25, -0.2) is 0 Å². The smallest absolute Gasteiger partial charge is 0.0628 e. The fourth-order valence-corrected chi connectivity index (χ4v) is 1.62. The molecule has 0 aliphatic rings. The van der Waals surface area contributed by atoms with Crippen molar-refractivity contribution in [2.45, 2.75) is 19.8 Å². The van der Waals surface area contributed by atoms with E-state index in [2.05, 4.69) is 22.3 Å². The van der Waals surface area contributed by atoms with Gasteiger partial charge in [0.15, 0.2) is 0 Å². The minimum atomic E-state index is 0.825. The summed E-state index contributed by atoms with van der Waals surface area (Å²) in [4.78, 5) is 0. The van der Waals surface area contributed by atoms with Crippen molar-refractivity contribution in [3.05, 3.63) is 47.3 Å². The Morgan fingerprint density at radius 3 is 2.80 bits per heavy atom. The second-order valence-corrected chi connectivity index (χ2v) is 3.79. The molecule has 0 saturated heterocycles. The Balaban J connectivity index is 1.99. The zero-order chi connectivity index (χ0) is 10.7. The molecule has 0 atom stereocenters. The number of benzene rings is 1. The Morgan fingerprint density at radius 2 is 2.13 bits per heavy atom. The van der Waals surface area contributed by atoms with E-state index in [4.69, 9.17) is 5.73 Å². The normalized spacial score (nSPS) is 10.5. The molecule has 3 heteroatoms. The summed E-state index contributed by atoms with van der Waals surface area (Å²) < 4.78 is 0. The molecular weight excluding hydrogens is 186 g/mol. The van der Waals surface area contributed by atoms with Gasteiger partial charge in [-0.3, -0.25) is 5.10 Å². The first-order chi connectivity index (χ1) is 7.24. The van der Waals surface area contributed by atoms with Crippen molar-refractivity contribution < 1.29 is 0 Å². The Labute approximate surface area is 89.3 Å². The van der Waals surface area contributed by atoms with Crippen LogP contribution in [0, 0.1) is 6.92 Å². The van der Waals surface area contributed by atoms with Gasteiger partial charge in [0.2, 0.25) is 0 Å². The van der Waals surface area contributed by atoms with E-state index < -0.39 is 0 Å². The van der Waals surface area contributed by atoms with Gasteiger partial charge >= 0.3 is 0 Å². The number of hydrogen-bond donors (Lipinski definition) is 2. The first kappa shape index (κ1) is 9.77. The van der Waals surface area contributed by atoms with E-state index in [1.165, 1.54) is 5.56 Å². The predicted molar refractivity (Wildman–Crippen MR) is 61.6 cm³/mol. The van der Waals surface area contributed by atoms with Gasteiger partial charge in [-0.2, -0.15) is 5.10 Å². The van der Waals surface area contributed by atoms with Crippen LogP contribution in [-0.4, -0.2) is 10.2 Å². The molecule has 0 saturated carbocycles. The Kier molecular flexibility index (Phi) is 2.72. The maximum absolute atomic E-state index is 5.71. The van der Waals surface area contributed by atoms with E-state index in [-0.39, 0.29) is 0 Å². The summed E-state index contributed by atoms with van der Waals surface area (Å²) in [5, 5.41) is 7.14. The summed E-state index contributed by atoms with van der Waals surface area (Å²) in [6.45, 7) is 2.01. The second-order valence-electron chi connectivity index (χ2n) is 3.79. The molecule has 1 aromatic heterocycles. The van der Waals surface area contributed by atoms with Gasteiger partial charge in [0.1, 0.15) is 0 Å². The summed E-state index contributed by atoms with van der Waals surface area (Å²) in [7, 11) is 0. The highest BCUT2D eigenvalue weighted by Crippen LogP contribution is 2.10. The molecule has 0 spiro atoms. The van der Waals surface area contributed by atoms with E-state index in [0.717, 1.165) is 29.9 Å². The van der Waals surface area contributed by atoms with Crippen molar-refractivity contribution in [2.24, 2.45) is 0 Å². The van der Waals surface area contributed by atoms with Crippen LogP contribution in [0.15, 0.2) is 30.3 Å². The molecule has 78 valence electrons. The van der Waals surface area contributed by atoms with Gasteiger partial charge in [0.05, 0.1) is 5.69 Å². The molecule has 0 aliphatic heterocycles. The lowest BCUT2D eigenvalue weighted by molar-refractivity contribution is 0.890. The zero-order valence-corrected chi connectivity index (χ0v) is 8.83. The van der Waals surface area contributed by atoms with Crippen LogP contribution in [-0.2, 0) is 12.8 Å². The average Bonchev–Trinajstić information content (AvgIpc) is 2.62. The molecule has 0 radical (unpaired) electrons. The maximum Gasteiger partial charge on any atom is 0.0628 e. The number of aryl methyl sites for hydroxylation is 3. The minimum Gasteiger partial charge on any atom is -0.399 e. The zero-order valence-electron chi connectivity index (χ0n) is 8.83. The number of nitrogens with zero attached hydrogens (tertiary/aromatic N) is 1. The minimum absolute atomic E-state index is 0.825. The van der Waals surface area contributed by atoms with Crippen LogP contribution in [0.3, 0.4) is 0 Å². The lowest BCUT2D eigenvalue weighted by Gasteiger charge is -2.00. The van der Waals surface area contributed by atoms with E-state index in [1.807, 2.05) is 25.1 Å². The number of rotatable bonds is 3. The summed E-state index contributed by atoms with van der Waals surface area (Å²) in [6.07, 6.45) is 1.93. The molecule has 15 heavy (non-hydrogen) atoms. The molecule has 0 fully saturated rings. The van der Waals surface area contributed by atoms with Crippen molar-refractivity contribution in [1.82, 2.24) is 10.2 Å². The average molecular weight is 201 g/mol. The SMILES string of the molecule is Cc1cc(CCc2cccc(N)c2)n[nH]1. The van der Waals surface area contributed by atoms with Gasteiger partial charge in [0, 0.05) is 11.4 Å². The van der Waals surface area contributed by atoms with Gasteiger partial charge in [-0.15, -0.1) is 0 Å². The van der Waals surface area contributed by atoms with Crippen LogP contribution in [0.4, 0.5) is 5.69 Å². The van der Waals surface area contributed by atoms with Gasteiger partial charge in [-0.05, 0) is 43.5 Å². The lowest BCUT2D eigenvalue weighted by atomic mass is 10.1. The van der Waals surface area contributed by atoms with Crippen LogP contribution in [0.2, 0.25) is 0 Å². The number of nitrogen functional groups attached to an aromatic ring is 1. The van der Waals surface area contributed by atoms with E-state index in [1.54, 1.807) is 0 Å². The van der Waals surface area contributed by atoms with Crippen LogP contribution in [0.1, 0.15) is 17.0 Å². The topological polar surface area (TPSA) is 54.7 Å². The lowest BCUT2D eigenvalue weighted by Crippen LogP contribution is -1.93. The number of hydrogen-bond acceptors (Lipinski definition) is 2. The summed E-state index contributed by atoms with van der Waals surface area (Å²) in [5.74, 6) is 0. The molecule has 2 aromatic rings. The fourth-order valence-electron chi connectivity index (χ4n) is 1.62. The third kappa shape index (κ3) is 2.59. The maximum atomic E-state index is 5.71. The molecule has 0 amide bonds. The fraction of sp³-hybridized carbons (Fsp3) is 0.250. The van der Waals surface area contributed by atoms with Crippen molar-refractivity contribution in [3.8, 4) is 0 Å².